The molecule has 4 aromatic rings. The number of hydrogen-bond acceptors (Lipinski definition) is 4. The third-order valence-corrected chi connectivity index (χ3v) is 6.95. The Bertz CT molecular complexity index is 1240. The van der Waals surface area contributed by atoms with Gasteiger partial charge in [0.25, 0.3) is 0 Å². The molecule has 35 heavy (non-hydrogen) atoms. The number of ether oxygens (including phenoxy) is 2. The molecule has 0 amide bonds. The second-order valence-electron chi connectivity index (χ2n) is 9.24. The minimum Gasteiger partial charge on any atom is -0.454 e. The quantitative estimate of drug-likeness (QED) is 0.280. The van der Waals surface area contributed by atoms with Crippen LogP contribution in [0.1, 0.15) is 42.0 Å². The van der Waals surface area contributed by atoms with Gasteiger partial charge in [-0.3, -0.25) is 4.90 Å². The minimum atomic E-state index is -0.389. The van der Waals surface area contributed by atoms with Gasteiger partial charge in [0.1, 0.15) is 0 Å². The summed E-state index contributed by atoms with van der Waals surface area (Å²) >= 11 is 0. The Labute approximate surface area is 208 Å². The van der Waals surface area contributed by atoms with Gasteiger partial charge >= 0.3 is 0 Å². The maximum atomic E-state index is 5.75. The lowest BCUT2D eigenvalue weighted by atomic mass is 9.74. The maximum absolute atomic E-state index is 5.75. The normalized spacial score (nSPS) is 14.3. The summed E-state index contributed by atoms with van der Waals surface area (Å²) in [4.78, 5) is 6.96. The fraction of sp³-hybridized carbons (Fsp3) is 0.300. The van der Waals surface area contributed by atoms with Crippen LogP contribution in [0.4, 0.5) is 0 Å². The minimum absolute atomic E-state index is 0.281. The first-order valence-electron chi connectivity index (χ1n) is 12.4. The lowest BCUT2D eigenvalue weighted by Crippen LogP contribution is -2.50. The molecule has 0 bridgehead atoms. The van der Waals surface area contributed by atoms with Gasteiger partial charge in [-0.05, 0) is 54.2 Å². The van der Waals surface area contributed by atoms with Crippen molar-refractivity contribution >= 4 is 0 Å². The van der Waals surface area contributed by atoms with E-state index in [0.717, 1.165) is 44.0 Å². The largest absolute Gasteiger partial charge is 0.454 e. The first-order valence-corrected chi connectivity index (χ1v) is 12.4. The standard InChI is InChI=1S/C30H33N3O2/c1-3-4-17-33(22-32-18-16-31-21-32)30(26-11-6-5-7-12-26,27-13-9-8-10-24(27)2)20-25-14-15-28-29(19-25)35-23-34-28/h5-16,18-19,21H,3-4,17,20,22-23H2,1-2H3. The third-order valence-electron chi connectivity index (χ3n) is 6.95. The highest BCUT2D eigenvalue weighted by atomic mass is 16.7. The molecular weight excluding hydrogens is 434 g/mol. The fourth-order valence-corrected chi connectivity index (χ4v) is 5.21. The van der Waals surface area contributed by atoms with Gasteiger partial charge in [-0.1, -0.05) is 74.0 Å². The molecular formula is C30H33N3O2. The van der Waals surface area contributed by atoms with E-state index in [4.69, 9.17) is 9.47 Å². The van der Waals surface area contributed by atoms with Crippen molar-refractivity contribution in [3.63, 3.8) is 0 Å². The molecule has 0 N–H and O–H groups in total. The maximum Gasteiger partial charge on any atom is 0.231 e. The predicted octanol–water partition coefficient (Wildman–Crippen LogP) is 6.17. The van der Waals surface area contributed by atoms with Crippen LogP contribution < -0.4 is 9.47 Å². The average molecular weight is 468 g/mol. The van der Waals surface area contributed by atoms with E-state index < -0.39 is 0 Å². The Morgan fingerprint density at radius 3 is 2.54 bits per heavy atom. The number of rotatable bonds is 10. The highest BCUT2D eigenvalue weighted by Crippen LogP contribution is 2.43. The van der Waals surface area contributed by atoms with E-state index in [1.807, 2.05) is 24.8 Å². The molecule has 5 rings (SSSR count). The van der Waals surface area contributed by atoms with Crippen molar-refractivity contribution in [3.05, 3.63) is 114 Å². The molecule has 0 spiro atoms. The number of fused-ring (bicyclic) bond motifs is 1. The SMILES string of the molecule is CCCCN(Cn1ccnc1)C(Cc1ccc2c(c1)OCO2)(c1ccccc1)c1ccccc1C. The summed E-state index contributed by atoms with van der Waals surface area (Å²) in [6, 6.07) is 26.1. The van der Waals surface area contributed by atoms with Gasteiger partial charge in [-0.2, -0.15) is 0 Å². The van der Waals surface area contributed by atoms with E-state index in [1.165, 1.54) is 22.3 Å². The zero-order valence-corrected chi connectivity index (χ0v) is 20.6. The van der Waals surface area contributed by atoms with E-state index in [1.54, 1.807) is 0 Å². The van der Waals surface area contributed by atoms with Crippen molar-refractivity contribution in [1.29, 1.82) is 0 Å². The molecule has 180 valence electrons. The Balaban J connectivity index is 1.72. The first-order chi connectivity index (χ1) is 17.2. The van der Waals surface area contributed by atoms with Crippen LogP contribution in [0.2, 0.25) is 0 Å². The highest BCUT2D eigenvalue weighted by molar-refractivity contribution is 5.48. The molecule has 0 fully saturated rings. The molecule has 0 saturated heterocycles. The van der Waals surface area contributed by atoms with E-state index >= 15 is 0 Å². The second-order valence-corrected chi connectivity index (χ2v) is 9.24. The Kier molecular flexibility index (Phi) is 6.87. The van der Waals surface area contributed by atoms with Crippen LogP contribution in [0.5, 0.6) is 11.5 Å². The monoisotopic (exact) mass is 467 g/mol. The second kappa shape index (κ2) is 10.4. The molecule has 5 nitrogen and oxygen atoms in total. The first kappa shape index (κ1) is 23.2. The van der Waals surface area contributed by atoms with Gasteiger partial charge in [0.2, 0.25) is 6.79 Å². The smallest absolute Gasteiger partial charge is 0.231 e. The third kappa shape index (κ3) is 4.69. The molecule has 5 heteroatoms. The van der Waals surface area contributed by atoms with Crippen molar-refractivity contribution in [2.75, 3.05) is 13.3 Å². The topological polar surface area (TPSA) is 39.5 Å². The number of unbranched alkanes of at least 4 members (excludes halogenated alkanes) is 1. The molecule has 0 radical (unpaired) electrons. The van der Waals surface area contributed by atoms with Crippen molar-refractivity contribution in [3.8, 4) is 11.5 Å². The summed E-state index contributed by atoms with van der Waals surface area (Å²) < 4.78 is 13.5. The lowest BCUT2D eigenvalue weighted by Gasteiger charge is -2.46. The van der Waals surface area contributed by atoms with Gasteiger partial charge in [0.15, 0.2) is 11.5 Å². The molecule has 1 unspecified atom stereocenters. The number of aryl methyl sites for hydroxylation is 1. The molecule has 0 saturated carbocycles. The zero-order chi connectivity index (χ0) is 24.1. The molecule has 0 aliphatic carbocycles. The van der Waals surface area contributed by atoms with E-state index in [0.29, 0.717) is 0 Å². The molecule has 1 aliphatic heterocycles. The van der Waals surface area contributed by atoms with Crippen LogP contribution in [0, 0.1) is 6.92 Å². The predicted molar refractivity (Wildman–Crippen MR) is 139 cm³/mol. The van der Waals surface area contributed by atoms with E-state index in [9.17, 15) is 0 Å². The molecule has 1 atom stereocenters. The van der Waals surface area contributed by atoms with Crippen LogP contribution in [0.15, 0.2) is 91.5 Å². The Morgan fingerprint density at radius 1 is 0.971 bits per heavy atom. The summed E-state index contributed by atoms with van der Waals surface area (Å²) in [5, 5.41) is 0. The van der Waals surface area contributed by atoms with Crippen molar-refractivity contribution in [1.82, 2.24) is 14.5 Å². The van der Waals surface area contributed by atoms with Crippen LogP contribution >= 0.6 is 0 Å². The van der Waals surface area contributed by atoms with Gasteiger partial charge < -0.3 is 14.0 Å². The summed E-state index contributed by atoms with van der Waals surface area (Å²) in [7, 11) is 0. The molecule has 1 aromatic heterocycles. The van der Waals surface area contributed by atoms with Crippen LogP contribution in [-0.4, -0.2) is 27.8 Å². The fourth-order valence-electron chi connectivity index (χ4n) is 5.21. The van der Waals surface area contributed by atoms with E-state index in [-0.39, 0.29) is 12.3 Å². The van der Waals surface area contributed by atoms with Crippen LogP contribution in [0.3, 0.4) is 0 Å². The van der Waals surface area contributed by atoms with Gasteiger partial charge in [0, 0.05) is 18.9 Å². The van der Waals surface area contributed by atoms with Crippen LogP contribution in [0.25, 0.3) is 0 Å². The van der Waals surface area contributed by atoms with Crippen LogP contribution in [-0.2, 0) is 18.6 Å². The van der Waals surface area contributed by atoms with Crippen molar-refractivity contribution in [2.45, 2.75) is 45.3 Å². The van der Waals surface area contributed by atoms with E-state index in [2.05, 4.69) is 95.0 Å². The van der Waals surface area contributed by atoms with Crippen molar-refractivity contribution in [2.24, 2.45) is 0 Å². The Morgan fingerprint density at radius 2 is 1.77 bits per heavy atom. The molecule has 3 aromatic carbocycles. The number of imidazole rings is 1. The molecule has 2 heterocycles. The number of hydrogen-bond donors (Lipinski definition) is 0. The average Bonchev–Trinajstić information content (AvgIpc) is 3.58. The Hall–Kier alpha value is -3.57. The van der Waals surface area contributed by atoms with Gasteiger partial charge in [-0.25, -0.2) is 4.98 Å². The van der Waals surface area contributed by atoms with Gasteiger partial charge in [-0.15, -0.1) is 0 Å². The summed E-state index contributed by atoms with van der Waals surface area (Å²) in [5.41, 5.74) is 4.71. The summed E-state index contributed by atoms with van der Waals surface area (Å²) in [6.45, 7) is 6.47. The molecule has 1 aliphatic rings. The zero-order valence-electron chi connectivity index (χ0n) is 20.6. The lowest BCUT2D eigenvalue weighted by molar-refractivity contribution is 0.0808. The van der Waals surface area contributed by atoms with Gasteiger partial charge in [0.05, 0.1) is 18.5 Å². The summed E-state index contributed by atoms with van der Waals surface area (Å²) in [5.74, 6) is 1.64. The summed E-state index contributed by atoms with van der Waals surface area (Å²) in [6.07, 6.45) is 8.85. The number of aromatic nitrogens is 2. The highest BCUT2D eigenvalue weighted by Gasteiger charge is 2.41. The number of benzene rings is 3. The number of nitrogens with zero attached hydrogens (tertiary/aromatic N) is 3. The van der Waals surface area contributed by atoms with Crippen molar-refractivity contribution < 1.29 is 9.47 Å².